The van der Waals surface area contributed by atoms with Crippen molar-refractivity contribution in [3.63, 3.8) is 0 Å². The molecule has 19 heavy (non-hydrogen) atoms. The average Bonchev–Trinajstić information content (AvgIpc) is 2.41. The van der Waals surface area contributed by atoms with Crippen LogP contribution in [-0.2, 0) is 11.2 Å². The predicted molar refractivity (Wildman–Crippen MR) is 79.9 cm³/mol. The van der Waals surface area contributed by atoms with Crippen molar-refractivity contribution in [1.82, 2.24) is 9.97 Å². The van der Waals surface area contributed by atoms with Gasteiger partial charge in [-0.05, 0) is 19.3 Å². The summed E-state index contributed by atoms with van der Waals surface area (Å²) in [4.78, 5) is 8.28. The largest absolute Gasteiger partial charge is 0.381 e. The second kappa shape index (κ2) is 9.98. The molecule has 108 valence electrons. The Hall–Kier alpha value is -0.870. The molecule has 0 unspecified atom stereocenters. The molecular formula is C14H24ClN3O. The first-order chi connectivity index (χ1) is 9.29. The number of unbranched alkanes of at least 4 members (excludes halogenated alkanes) is 1. The minimum absolute atomic E-state index is 0.554. The lowest BCUT2D eigenvalue weighted by molar-refractivity contribution is 0.131. The number of nitrogens with one attached hydrogen (secondary N) is 1. The highest BCUT2D eigenvalue weighted by Gasteiger charge is 2.08. The van der Waals surface area contributed by atoms with E-state index in [0.717, 1.165) is 56.8 Å². The molecule has 0 aliphatic heterocycles. The summed E-state index contributed by atoms with van der Waals surface area (Å²) < 4.78 is 5.51. The fourth-order valence-electron chi connectivity index (χ4n) is 1.74. The summed E-state index contributed by atoms with van der Waals surface area (Å²) in [5.74, 6) is 0.857. The van der Waals surface area contributed by atoms with Crippen LogP contribution in [0.1, 0.15) is 45.1 Å². The summed E-state index contributed by atoms with van der Waals surface area (Å²) in [5.41, 5.74) is 1.01. The lowest BCUT2D eigenvalue weighted by Gasteiger charge is -2.11. The number of ether oxygens (including phenoxy) is 1. The van der Waals surface area contributed by atoms with Crippen molar-refractivity contribution in [3.8, 4) is 0 Å². The molecule has 0 spiro atoms. The van der Waals surface area contributed by atoms with Gasteiger partial charge in [-0.3, -0.25) is 0 Å². The van der Waals surface area contributed by atoms with Gasteiger partial charge in [-0.25, -0.2) is 9.97 Å². The Kier molecular flexibility index (Phi) is 8.50. The Morgan fingerprint density at radius 2 is 1.95 bits per heavy atom. The summed E-state index contributed by atoms with van der Waals surface area (Å²) in [5, 5.41) is 3.87. The number of aromatic nitrogens is 2. The Bertz CT molecular complexity index is 361. The topological polar surface area (TPSA) is 47.0 Å². The van der Waals surface area contributed by atoms with Crippen LogP contribution in [0, 0.1) is 0 Å². The summed E-state index contributed by atoms with van der Waals surface area (Å²) >= 11 is 6.09. The van der Waals surface area contributed by atoms with Crippen LogP contribution in [0.15, 0.2) is 6.33 Å². The van der Waals surface area contributed by atoms with E-state index in [1.54, 1.807) is 0 Å². The molecular weight excluding hydrogens is 262 g/mol. The van der Waals surface area contributed by atoms with Crippen LogP contribution in [-0.4, -0.2) is 29.7 Å². The average molecular weight is 286 g/mol. The van der Waals surface area contributed by atoms with Gasteiger partial charge in [-0.2, -0.15) is 0 Å². The first-order valence-electron chi connectivity index (χ1n) is 7.10. The minimum Gasteiger partial charge on any atom is -0.381 e. The fraction of sp³-hybridized carbons (Fsp3) is 0.714. The molecule has 0 aromatic carbocycles. The zero-order chi connectivity index (χ0) is 13.9. The second-order valence-corrected chi connectivity index (χ2v) is 4.85. The molecule has 0 atom stereocenters. The highest BCUT2D eigenvalue weighted by atomic mass is 35.5. The number of hydrogen-bond acceptors (Lipinski definition) is 4. The van der Waals surface area contributed by atoms with E-state index in [0.29, 0.717) is 5.15 Å². The smallest absolute Gasteiger partial charge is 0.137 e. The summed E-state index contributed by atoms with van der Waals surface area (Å²) in [6, 6.07) is 0. The van der Waals surface area contributed by atoms with Crippen molar-refractivity contribution in [2.75, 3.05) is 25.1 Å². The molecule has 1 rings (SSSR count). The standard InChI is InChI=1S/C14H24ClN3O/c1-3-5-9-19-10-6-8-16-14-12(7-4-2)13(15)17-11-18-14/h11H,3-10H2,1-2H3,(H,16,17,18). The van der Waals surface area contributed by atoms with Crippen molar-refractivity contribution in [3.05, 3.63) is 17.0 Å². The maximum atomic E-state index is 6.09. The van der Waals surface area contributed by atoms with Gasteiger partial charge in [0.05, 0.1) is 0 Å². The van der Waals surface area contributed by atoms with Gasteiger partial charge < -0.3 is 10.1 Å². The highest BCUT2D eigenvalue weighted by Crippen LogP contribution is 2.21. The van der Waals surface area contributed by atoms with Crippen LogP contribution in [0.25, 0.3) is 0 Å². The number of hydrogen-bond donors (Lipinski definition) is 1. The maximum absolute atomic E-state index is 6.09. The molecule has 0 radical (unpaired) electrons. The van der Waals surface area contributed by atoms with E-state index in [-0.39, 0.29) is 0 Å². The molecule has 0 aliphatic carbocycles. The first kappa shape index (κ1) is 16.2. The van der Waals surface area contributed by atoms with Crippen molar-refractivity contribution in [2.45, 2.75) is 46.0 Å². The van der Waals surface area contributed by atoms with Crippen LogP contribution < -0.4 is 5.32 Å². The number of anilines is 1. The Morgan fingerprint density at radius 1 is 1.16 bits per heavy atom. The van der Waals surface area contributed by atoms with Crippen molar-refractivity contribution in [2.24, 2.45) is 0 Å². The molecule has 0 aliphatic rings. The Balaban J connectivity index is 2.30. The molecule has 0 bridgehead atoms. The molecule has 1 aromatic rings. The van der Waals surface area contributed by atoms with E-state index in [2.05, 4.69) is 29.1 Å². The van der Waals surface area contributed by atoms with Gasteiger partial charge >= 0.3 is 0 Å². The minimum atomic E-state index is 0.554. The van der Waals surface area contributed by atoms with Gasteiger partial charge in [-0.15, -0.1) is 0 Å². The van der Waals surface area contributed by atoms with E-state index in [1.165, 1.54) is 12.7 Å². The number of nitrogens with zero attached hydrogens (tertiary/aromatic N) is 2. The summed E-state index contributed by atoms with van der Waals surface area (Å²) in [6.07, 6.45) is 6.71. The van der Waals surface area contributed by atoms with Crippen molar-refractivity contribution >= 4 is 17.4 Å². The molecule has 1 N–H and O–H groups in total. The van der Waals surface area contributed by atoms with Gasteiger partial charge in [0.2, 0.25) is 0 Å². The molecule has 0 saturated heterocycles. The predicted octanol–water partition coefficient (Wildman–Crippen LogP) is 3.70. The summed E-state index contributed by atoms with van der Waals surface area (Å²) in [6.45, 7) is 6.77. The van der Waals surface area contributed by atoms with Crippen LogP contribution in [0.3, 0.4) is 0 Å². The monoisotopic (exact) mass is 285 g/mol. The lowest BCUT2D eigenvalue weighted by Crippen LogP contribution is -2.10. The molecule has 1 aromatic heterocycles. The number of rotatable bonds is 10. The third-order valence-corrected chi connectivity index (χ3v) is 3.12. The van der Waals surface area contributed by atoms with E-state index < -0.39 is 0 Å². The van der Waals surface area contributed by atoms with Crippen molar-refractivity contribution in [1.29, 1.82) is 0 Å². The van der Waals surface area contributed by atoms with Crippen LogP contribution in [0.5, 0.6) is 0 Å². The Labute approximate surface area is 120 Å². The van der Waals surface area contributed by atoms with E-state index in [9.17, 15) is 0 Å². The lowest BCUT2D eigenvalue weighted by atomic mass is 10.2. The third-order valence-electron chi connectivity index (χ3n) is 2.79. The SMILES string of the molecule is CCCCOCCCNc1ncnc(Cl)c1CCC. The van der Waals surface area contributed by atoms with Gasteiger partial charge in [0.1, 0.15) is 17.3 Å². The van der Waals surface area contributed by atoms with Crippen molar-refractivity contribution < 1.29 is 4.74 Å². The number of halogens is 1. The van der Waals surface area contributed by atoms with Crippen LogP contribution in [0.4, 0.5) is 5.82 Å². The Morgan fingerprint density at radius 3 is 2.68 bits per heavy atom. The van der Waals surface area contributed by atoms with Crippen LogP contribution in [0.2, 0.25) is 5.15 Å². The van der Waals surface area contributed by atoms with E-state index in [4.69, 9.17) is 16.3 Å². The van der Waals surface area contributed by atoms with Crippen LogP contribution >= 0.6 is 11.6 Å². The second-order valence-electron chi connectivity index (χ2n) is 4.49. The van der Waals surface area contributed by atoms with E-state index in [1.807, 2.05) is 0 Å². The maximum Gasteiger partial charge on any atom is 0.137 e. The van der Waals surface area contributed by atoms with Gasteiger partial charge in [0, 0.05) is 25.3 Å². The normalized spacial score (nSPS) is 10.7. The first-order valence-corrected chi connectivity index (χ1v) is 7.48. The third kappa shape index (κ3) is 6.21. The molecule has 0 fully saturated rings. The summed E-state index contributed by atoms with van der Waals surface area (Å²) in [7, 11) is 0. The zero-order valence-electron chi connectivity index (χ0n) is 11.9. The van der Waals surface area contributed by atoms with E-state index >= 15 is 0 Å². The molecule has 0 amide bonds. The zero-order valence-corrected chi connectivity index (χ0v) is 12.7. The molecule has 4 nitrogen and oxygen atoms in total. The molecule has 0 saturated carbocycles. The van der Waals surface area contributed by atoms with Gasteiger partial charge in [0.25, 0.3) is 0 Å². The quantitative estimate of drug-likeness (QED) is 0.526. The molecule has 5 heteroatoms. The highest BCUT2D eigenvalue weighted by molar-refractivity contribution is 6.30. The molecule has 1 heterocycles. The van der Waals surface area contributed by atoms with Gasteiger partial charge in [-0.1, -0.05) is 38.3 Å². The van der Waals surface area contributed by atoms with Gasteiger partial charge in [0.15, 0.2) is 0 Å². The fourth-order valence-corrected chi connectivity index (χ4v) is 1.97.